The average Bonchev–Trinajstić information content (AvgIpc) is 2.35. The summed E-state index contributed by atoms with van der Waals surface area (Å²) in [7, 11) is -3.26. The van der Waals surface area contributed by atoms with Crippen LogP contribution < -0.4 is 4.72 Å². The highest BCUT2D eigenvalue weighted by Gasteiger charge is 2.09. The van der Waals surface area contributed by atoms with E-state index in [2.05, 4.69) is 9.71 Å². The van der Waals surface area contributed by atoms with Gasteiger partial charge in [-0.2, -0.15) is 0 Å². The Kier molecular flexibility index (Phi) is 5.24. The summed E-state index contributed by atoms with van der Waals surface area (Å²) in [5, 5.41) is 8.66. The number of carboxylic acids is 1. The molecule has 100 valence electrons. The Morgan fingerprint density at radius 1 is 1.44 bits per heavy atom. The molecule has 1 heterocycles. The van der Waals surface area contributed by atoms with Crippen LogP contribution in [-0.4, -0.2) is 30.2 Å². The predicted octanol–water partition coefficient (Wildman–Crippen LogP) is 0.999. The molecule has 6 nitrogen and oxygen atoms in total. The minimum atomic E-state index is -3.26. The molecular weight excluding hydrogens is 256 g/mol. The van der Waals surface area contributed by atoms with Gasteiger partial charge in [-0.3, -0.25) is 0 Å². The van der Waals surface area contributed by atoms with Crippen LogP contribution in [0.25, 0.3) is 0 Å². The minimum Gasteiger partial charge on any atom is -0.477 e. The number of hydrogen-bond acceptors (Lipinski definition) is 4. The molecule has 0 unspecified atom stereocenters. The number of aromatic nitrogens is 1. The number of sulfonamides is 1. The summed E-state index contributed by atoms with van der Waals surface area (Å²) in [6.07, 6.45) is 2.78. The monoisotopic (exact) mass is 272 g/mol. The Bertz CT molecular complexity index is 496. The first-order valence-electron chi connectivity index (χ1n) is 5.60. The van der Waals surface area contributed by atoms with Crippen LogP contribution in [0, 0.1) is 0 Å². The second-order valence-corrected chi connectivity index (χ2v) is 5.78. The molecule has 1 aromatic rings. The maximum absolute atomic E-state index is 11.5. The highest BCUT2D eigenvalue weighted by Crippen LogP contribution is 2.02. The van der Waals surface area contributed by atoms with Crippen molar-refractivity contribution in [2.24, 2.45) is 0 Å². The van der Waals surface area contributed by atoms with Crippen LogP contribution in [0.1, 0.15) is 35.8 Å². The number of carbonyl (C=O) groups is 1. The van der Waals surface area contributed by atoms with E-state index in [0.717, 1.165) is 6.42 Å². The standard InChI is InChI=1S/C11H16N2O4S/c1-2-3-6-18(16,17)13-8-9-4-5-10(11(14)15)12-7-9/h4-5,7,13H,2-3,6,8H2,1H3,(H,14,15). The zero-order chi connectivity index (χ0) is 13.6. The van der Waals surface area contributed by atoms with Crippen molar-refractivity contribution in [2.45, 2.75) is 26.3 Å². The van der Waals surface area contributed by atoms with E-state index in [4.69, 9.17) is 5.11 Å². The molecule has 0 saturated heterocycles. The summed E-state index contributed by atoms with van der Waals surface area (Å²) in [6, 6.07) is 2.89. The molecule has 0 aliphatic heterocycles. The molecule has 0 aliphatic rings. The zero-order valence-electron chi connectivity index (χ0n) is 10.1. The van der Waals surface area contributed by atoms with Gasteiger partial charge in [0, 0.05) is 12.7 Å². The molecule has 0 radical (unpaired) electrons. The number of rotatable bonds is 7. The molecule has 0 aliphatic carbocycles. The SMILES string of the molecule is CCCCS(=O)(=O)NCc1ccc(C(=O)O)nc1. The van der Waals surface area contributed by atoms with Crippen molar-refractivity contribution in [1.29, 1.82) is 0 Å². The van der Waals surface area contributed by atoms with Gasteiger partial charge < -0.3 is 5.11 Å². The summed E-state index contributed by atoms with van der Waals surface area (Å²) in [4.78, 5) is 14.3. The van der Waals surface area contributed by atoms with E-state index < -0.39 is 16.0 Å². The van der Waals surface area contributed by atoms with Crippen molar-refractivity contribution in [1.82, 2.24) is 9.71 Å². The summed E-state index contributed by atoms with van der Waals surface area (Å²) in [5.74, 6) is -1.01. The third-order valence-electron chi connectivity index (χ3n) is 2.31. The smallest absolute Gasteiger partial charge is 0.354 e. The van der Waals surface area contributed by atoms with Crippen molar-refractivity contribution in [2.75, 3.05) is 5.75 Å². The Morgan fingerprint density at radius 3 is 2.67 bits per heavy atom. The van der Waals surface area contributed by atoms with Crippen LogP contribution in [0.2, 0.25) is 0 Å². The Hall–Kier alpha value is -1.47. The fourth-order valence-corrected chi connectivity index (χ4v) is 2.46. The maximum atomic E-state index is 11.5. The highest BCUT2D eigenvalue weighted by atomic mass is 32.2. The topological polar surface area (TPSA) is 96.4 Å². The van der Waals surface area contributed by atoms with Gasteiger partial charge in [0.1, 0.15) is 5.69 Å². The number of nitrogens with zero attached hydrogens (tertiary/aromatic N) is 1. The van der Waals surface area contributed by atoms with Crippen molar-refractivity contribution >= 4 is 16.0 Å². The third kappa shape index (κ3) is 4.80. The van der Waals surface area contributed by atoms with E-state index in [0.29, 0.717) is 12.0 Å². The molecule has 0 bridgehead atoms. The lowest BCUT2D eigenvalue weighted by atomic mass is 10.2. The molecular formula is C11H16N2O4S. The van der Waals surface area contributed by atoms with Gasteiger partial charge in [0.15, 0.2) is 0 Å². The lowest BCUT2D eigenvalue weighted by Crippen LogP contribution is -2.26. The van der Waals surface area contributed by atoms with E-state index in [9.17, 15) is 13.2 Å². The van der Waals surface area contributed by atoms with Gasteiger partial charge in [-0.05, 0) is 18.1 Å². The largest absolute Gasteiger partial charge is 0.477 e. The average molecular weight is 272 g/mol. The third-order valence-corrected chi connectivity index (χ3v) is 3.72. The van der Waals surface area contributed by atoms with Crippen LogP contribution in [0.5, 0.6) is 0 Å². The summed E-state index contributed by atoms with van der Waals surface area (Å²) in [5.41, 5.74) is 0.563. The molecule has 0 aromatic carbocycles. The molecule has 1 rings (SSSR count). The van der Waals surface area contributed by atoms with Crippen LogP contribution in [-0.2, 0) is 16.6 Å². The van der Waals surface area contributed by atoms with Gasteiger partial charge in [-0.1, -0.05) is 19.4 Å². The van der Waals surface area contributed by atoms with E-state index in [1.807, 2.05) is 6.92 Å². The first-order chi connectivity index (χ1) is 8.44. The number of carboxylic acid groups (broad SMARTS) is 1. The van der Waals surface area contributed by atoms with Gasteiger partial charge in [0.25, 0.3) is 0 Å². The lowest BCUT2D eigenvalue weighted by molar-refractivity contribution is 0.0690. The van der Waals surface area contributed by atoms with Crippen LogP contribution in [0.15, 0.2) is 18.3 Å². The molecule has 0 saturated carbocycles. The van der Waals surface area contributed by atoms with Crippen molar-refractivity contribution in [3.63, 3.8) is 0 Å². The number of aromatic carboxylic acids is 1. The number of unbranched alkanes of at least 4 members (excludes halogenated alkanes) is 1. The highest BCUT2D eigenvalue weighted by molar-refractivity contribution is 7.89. The first-order valence-corrected chi connectivity index (χ1v) is 7.25. The zero-order valence-corrected chi connectivity index (χ0v) is 10.9. The number of pyridine rings is 1. The Morgan fingerprint density at radius 2 is 2.17 bits per heavy atom. The van der Waals surface area contributed by atoms with Crippen LogP contribution in [0.4, 0.5) is 0 Å². The normalized spacial score (nSPS) is 11.4. The first kappa shape index (κ1) is 14.6. The molecule has 1 aromatic heterocycles. The van der Waals surface area contributed by atoms with Gasteiger partial charge in [-0.15, -0.1) is 0 Å². The molecule has 0 fully saturated rings. The van der Waals surface area contributed by atoms with E-state index >= 15 is 0 Å². The quantitative estimate of drug-likeness (QED) is 0.772. The summed E-state index contributed by atoms with van der Waals surface area (Å²) >= 11 is 0. The van der Waals surface area contributed by atoms with Crippen LogP contribution >= 0.6 is 0 Å². The number of nitrogens with one attached hydrogen (secondary N) is 1. The summed E-state index contributed by atoms with van der Waals surface area (Å²) in [6.45, 7) is 2.04. The molecule has 2 N–H and O–H groups in total. The maximum Gasteiger partial charge on any atom is 0.354 e. The Balaban J connectivity index is 2.56. The molecule has 0 atom stereocenters. The summed E-state index contributed by atoms with van der Waals surface area (Å²) < 4.78 is 25.5. The van der Waals surface area contributed by atoms with Gasteiger partial charge in [0.05, 0.1) is 5.75 Å². The molecule has 18 heavy (non-hydrogen) atoms. The van der Waals surface area contributed by atoms with E-state index in [-0.39, 0.29) is 18.0 Å². The van der Waals surface area contributed by atoms with E-state index in [1.165, 1.54) is 12.3 Å². The predicted molar refractivity (Wildman–Crippen MR) is 66.7 cm³/mol. The van der Waals surface area contributed by atoms with Gasteiger partial charge in [-0.25, -0.2) is 22.9 Å². The minimum absolute atomic E-state index is 0.0624. The van der Waals surface area contributed by atoms with Gasteiger partial charge >= 0.3 is 5.97 Å². The molecule has 7 heteroatoms. The van der Waals surface area contributed by atoms with E-state index in [1.54, 1.807) is 6.07 Å². The number of hydrogen-bond donors (Lipinski definition) is 2. The fourth-order valence-electron chi connectivity index (χ4n) is 1.26. The molecule has 0 spiro atoms. The van der Waals surface area contributed by atoms with Gasteiger partial charge in [0.2, 0.25) is 10.0 Å². The second-order valence-electron chi connectivity index (χ2n) is 3.85. The fraction of sp³-hybridized carbons (Fsp3) is 0.455. The van der Waals surface area contributed by atoms with Crippen molar-refractivity contribution < 1.29 is 18.3 Å². The lowest BCUT2D eigenvalue weighted by Gasteiger charge is -2.06. The van der Waals surface area contributed by atoms with Crippen LogP contribution in [0.3, 0.4) is 0 Å². The van der Waals surface area contributed by atoms with Crippen molar-refractivity contribution in [3.8, 4) is 0 Å². The van der Waals surface area contributed by atoms with Crippen molar-refractivity contribution in [3.05, 3.63) is 29.6 Å². The Labute approximate surface area is 106 Å². The second kappa shape index (κ2) is 6.46. The molecule has 0 amide bonds.